The van der Waals surface area contributed by atoms with Gasteiger partial charge in [-0.1, -0.05) is 36.5 Å². The SMILES string of the molecule is O=C1C2C3C=CC(O3)C2C(=O)N1c1ccc(N(c2ccc(N3C(=O)C4C5C=CC(O5)C4C3=O)cc2)c2ccc(N3C(=O)C4C5C=CC(O5)C4C3=O)cc2)cc1. The van der Waals surface area contributed by atoms with E-state index < -0.39 is 72.1 Å². The predicted molar refractivity (Wildman–Crippen MR) is 193 cm³/mol. The van der Waals surface area contributed by atoms with Crippen molar-refractivity contribution >= 4 is 69.6 Å². The number of carbonyl (C=O) groups excluding carboxylic acids is 6. The van der Waals surface area contributed by atoms with E-state index in [0.717, 1.165) is 0 Å². The zero-order valence-corrected chi connectivity index (χ0v) is 28.8. The molecule has 9 aliphatic rings. The minimum Gasteiger partial charge on any atom is -0.365 e. The standard InChI is InChI=1S/C42H30N4O9/c47-37-31-25-13-14-26(53-25)32(31)38(48)44(37)22-7-1-19(2-8-22)43(20-3-9-23(10-4-20)45-39(49)33-27-15-16-28(54-27)34(33)40(45)50)21-5-11-24(12-6-21)46-41(51)35-29-17-18-30(55-29)36(35)42(46)52/h1-18,25-36H. The van der Waals surface area contributed by atoms with Gasteiger partial charge in [0, 0.05) is 17.1 Å². The highest BCUT2D eigenvalue weighted by Gasteiger charge is 2.63. The molecule has 9 heterocycles. The molecular formula is C42H30N4O9. The first-order valence-corrected chi connectivity index (χ1v) is 18.5. The number of benzene rings is 3. The van der Waals surface area contributed by atoms with E-state index in [-0.39, 0.29) is 35.4 Å². The van der Waals surface area contributed by atoms with E-state index in [2.05, 4.69) is 0 Å². The van der Waals surface area contributed by atoms with Gasteiger partial charge in [0.25, 0.3) is 0 Å². The number of nitrogens with zero attached hydrogens (tertiary/aromatic N) is 4. The van der Waals surface area contributed by atoms with Crippen LogP contribution in [0.25, 0.3) is 0 Å². The predicted octanol–water partition coefficient (Wildman–Crippen LogP) is 3.48. The number of hydrogen-bond donors (Lipinski definition) is 0. The van der Waals surface area contributed by atoms with Gasteiger partial charge in [-0.2, -0.15) is 0 Å². The van der Waals surface area contributed by atoms with Crippen LogP contribution in [-0.4, -0.2) is 72.1 Å². The van der Waals surface area contributed by atoms with Gasteiger partial charge >= 0.3 is 0 Å². The summed E-state index contributed by atoms with van der Waals surface area (Å²) in [5.74, 6) is -4.86. The topological polar surface area (TPSA) is 143 Å². The zero-order chi connectivity index (χ0) is 37.0. The van der Waals surface area contributed by atoms with Gasteiger partial charge in [0.05, 0.1) is 89.2 Å². The molecule has 0 aromatic heterocycles. The van der Waals surface area contributed by atoms with Crippen molar-refractivity contribution in [3.8, 4) is 0 Å². The van der Waals surface area contributed by atoms with E-state index in [1.165, 1.54) is 14.7 Å². The molecule has 12 unspecified atom stereocenters. The van der Waals surface area contributed by atoms with E-state index >= 15 is 0 Å². The molecule has 55 heavy (non-hydrogen) atoms. The van der Waals surface area contributed by atoms with Crippen molar-refractivity contribution in [2.45, 2.75) is 36.6 Å². The minimum atomic E-state index is -0.531. The van der Waals surface area contributed by atoms with Gasteiger partial charge in [0.15, 0.2) is 0 Å². The largest absolute Gasteiger partial charge is 0.365 e. The number of ether oxygens (including phenoxy) is 3. The quantitative estimate of drug-likeness (QED) is 0.273. The van der Waals surface area contributed by atoms with Gasteiger partial charge in [-0.25, -0.2) is 14.7 Å². The molecule has 272 valence electrons. The Bertz CT molecular complexity index is 2030. The van der Waals surface area contributed by atoms with Crippen molar-refractivity contribution in [3.05, 3.63) is 109 Å². The van der Waals surface area contributed by atoms with E-state index in [4.69, 9.17) is 14.2 Å². The first kappa shape index (κ1) is 31.3. The maximum atomic E-state index is 13.5. The summed E-state index contributed by atoms with van der Waals surface area (Å²) in [4.78, 5) is 86.6. The van der Waals surface area contributed by atoms with Gasteiger partial charge in [-0.05, 0) is 72.8 Å². The third-order valence-corrected chi connectivity index (χ3v) is 12.8. The summed E-state index contributed by atoms with van der Waals surface area (Å²) >= 11 is 0. The Morgan fingerprint density at radius 2 is 0.527 bits per heavy atom. The lowest BCUT2D eigenvalue weighted by Gasteiger charge is -2.27. The monoisotopic (exact) mass is 734 g/mol. The zero-order valence-electron chi connectivity index (χ0n) is 28.8. The van der Waals surface area contributed by atoms with Crippen LogP contribution in [0.15, 0.2) is 109 Å². The van der Waals surface area contributed by atoms with Crippen LogP contribution >= 0.6 is 0 Å². The maximum Gasteiger partial charge on any atom is 0.240 e. The highest BCUT2D eigenvalue weighted by Crippen LogP contribution is 2.50. The lowest BCUT2D eigenvalue weighted by molar-refractivity contribution is -0.126. The number of fused-ring (bicyclic) bond motifs is 15. The number of hydrogen-bond acceptors (Lipinski definition) is 10. The van der Waals surface area contributed by atoms with Gasteiger partial charge in [-0.3, -0.25) is 28.8 Å². The molecule has 13 heteroatoms. The van der Waals surface area contributed by atoms with E-state index in [1.54, 1.807) is 36.4 Å². The van der Waals surface area contributed by atoms with Gasteiger partial charge in [0.2, 0.25) is 35.4 Å². The smallest absolute Gasteiger partial charge is 0.240 e. The minimum absolute atomic E-state index is 0.279. The number of carbonyl (C=O) groups is 6. The third-order valence-electron chi connectivity index (χ3n) is 12.8. The Morgan fingerprint density at radius 3 is 0.727 bits per heavy atom. The molecule has 6 bridgehead atoms. The molecule has 9 aliphatic heterocycles. The number of amides is 6. The molecule has 12 rings (SSSR count). The Balaban J connectivity index is 0.876. The Morgan fingerprint density at radius 1 is 0.327 bits per heavy atom. The van der Waals surface area contributed by atoms with Crippen LogP contribution in [0.4, 0.5) is 34.1 Å². The fourth-order valence-corrected chi connectivity index (χ4v) is 10.4. The lowest BCUT2D eigenvalue weighted by atomic mass is 9.85. The average molecular weight is 735 g/mol. The molecule has 6 saturated heterocycles. The van der Waals surface area contributed by atoms with E-state index in [9.17, 15) is 28.8 Å². The summed E-state index contributed by atoms with van der Waals surface area (Å²) < 4.78 is 17.4. The molecule has 3 aromatic carbocycles. The second-order valence-corrected chi connectivity index (χ2v) is 15.4. The van der Waals surface area contributed by atoms with Gasteiger partial charge in [0.1, 0.15) is 0 Å². The van der Waals surface area contributed by atoms with Crippen molar-refractivity contribution < 1.29 is 43.0 Å². The second-order valence-electron chi connectivity index (χ2n) is 15.4. The molecule has 12 atom stereocenters. The fraction of sp³-hybridized carbons (Fsp3) is 0.286. The van der Waals surface area contributed by atoms with Crippen molar-refractivity contribution in [1.82, 2.24) is 0 Å². The highest BCUT2D eigenvalue weighted by atomic mass is 16.5. The molecule has 0 N–H and O–H groups in total. The first-order chi connectivity index (χ1) is 26.8. The van der Waals surface area contributed by atoms with Crippen LogP contribution in [0.1, 0.15) is 0 Å². The summed E-state index contributed by atoms with van der Waals surface area (Å²) in [5, 5.41) is 0. The van der Waals surface area contributed by atoms with Gasteiger partial charge in [-0.15, -0.1) is 0 Å². The van der Waals surface area contributed by atoms with E-state index in [1.807, 2.05) is 77.8 Å². The van der Waals surface area contributed by atoms with Crippen molar-refractivity contribution in [3.63, 3.8) is 0 Å². The second kappa shape index (κ2) is 10.8. The first-order valence-electron chi connectivity index (χ1n) is 18.5. The molecule has 3 aromatic rings. The highest BCUT2D eigenvalue weighted by molar-refractivity contribution is 6.25. The lowest BCUT2D eigenvalue weighted by Crippen LogP contribution is -2.34. The van der Waals surface area contributed by atoms with Crippen molar-refractivity contribution in [2.24, 2.45) is 35.5 Å². The Labute approximate surface area is 313 Å². The molecule has 6 fully saturated rings. The fourth-order valence-electron chi connectivity index (χ4n) is 10.4. The van der Waals surface area contributed by atoms with Crippen LogP contribution in [0.5, 0.6) is 0 Å². The Hall–Kier alpha value is -6.02. The molecule has 13 nitrogen and oxygen atoms in total. The van der Waals surface area contributed by atoms with Crippen LogP contribution in [0, 0.1) is 35.5 Å². The summed E-state index contributed by atoms with van der Waals surface area (Å²) in [5.41, 5.74) is 3.39. The van der Waals surface area contributed by atoms with Crippen LogP contribution in [0.2, 0.25) is 0 Å². The molecular weight excluding hydrogens is 704 g/mol. The number of anilines is 6. The summed E-state index contributed by atoms with van der Waals surface area (Å²) in [7, 11) is 0. The summed E-state index contributed by atoms with van der Waals surface area (Å²) in [6, 6.07) is 21.2. The summed E-state index contributed by atoms with van der Waals surface area (Å²) in [6.45, 7) is 0. The van der Waals surface area contributed by atoms with E-state index in [0.29, 0.717) is 34.1 Å². The Kier molecular flexibility index (Phi) is 6.16. The van der Waals surface area contributed by atoms with Crippen molar-refractivity contribution in [2.75, 3.05) is 19.6 Å². The molecule has 6 amide bonds. The normalized spacial score (nSPS) is 36.8. The average Bonchev–Trinajstić information content (AvgIpc) is 4.07. The van der Waals surface area contributed by atoms with Gasteiger partial charge < -0.3 is 19.1 Å². The molecule has 0 radical (unpaired) electrons. The van der Waals surface area contributed by atoms with Crippen LogP contribution < -0.4 is 19.6 Å². The van der Waals surface area contributed by atoms with Crippen molar-refractivity contribution in [1.29, 1.82) is 0 Å². The summed E-state index contributed by atoms with van der Waals surface area (Å²) in [6.07, 6.45) is 8.75. The number of imide groups is 3. The molecule has 0 spiro atoms. The van der Waals surface area contributed by atoms with Crippen LogP contribution in [-0.2, 0) is 43.0 Å². The third kappa shape index (κ3) is 4.01. The molecule has 0 aliphatic carbocycles. The maximum absolute atomic E-state index is 13.5. The van der Waals surface area contributed by atoms with Crippen LogP contribution in [0.3, 0.4) is 0 Å². The molecule has 0 saturated carbocycles. The number of rotatable bonds is 6.